The van der Waals surface area contributed by atoms with Gasteiger partial charge in [-0.15, -0.1) is 0 Å². The Kier molecular flexibility index (Phi) is 5.47. The zero-order chi connectivity index (χ0) is 17.8. The Hall–Kier alpha value is -1.97. The molecule has 140 valence electrons. The van der Waals surface area contributed by atoms with Crippen LogP contribution in [0, 0.1) is 6.92 Å². The Balaban J connectivity index is 1.58. The van der Waals surface area contributed by atoms with E-state index in [-0.39, 0.29) is 0 Å². The number of anilines is 2. The first kappa shape index (κ1) is 17.4. The van der Waals surface area contributed by atoms with Gasteiger partial charge in [0.1, 0.15) is 6.26 Å². The smallest absolute Gasteiger partial charge is 0.226 e. The minimum absolute atomic E-state index is 0.581. The molecule has 0 radical (unpaired) electrons. The number of hydrogen-bond acceptors (Lipinski definition) is 4. The Morgan fingerprint density at radius 1 is 0.846 bits per heavy atom. The highest BCUT2D eigenvalue weighted by molar-refractivity contribution is 5.75. The molecule has 1 aromatic carbocycles. The maximum absolute atomic E-state index is 5.63. The lowest BCUT2D eigenvalue weighted by atomic mass is 9.94. The number of nitrogens with one attached hydrogen (secondary N) is 2. The van der Waals surface area contributed by atoms with E-state index in [1.54, 1.807) is 6.26 Å². The number of aromatic nitrogens is 1. The van der Waals surface area contributed by atoms with Gasteiger partial charge in [-0.1, -0.05) is 38.5 Å². The second kappa shape index (κ2) is 8.15. The van der Waals surface area contributed by atoms with Crippen LogP contribution in [0.2, 0.25) is 0 Å². The highest BCUT2D eigenvalue weighted by atomic mass is 16.3. The molecule has 2 aliphatic carbocycles. The van der Waals surface area contributed by atoms with E-state index in [1.165, 1.54) is 75.6 Å². The summed E-state index contributed by atoms with van der Waals surface area (Å²) in [6.45, 7) is 1.97. The lowest BCUT2D eigenvalue weighted by molar-refractivity contribution is 0.459. The standard InChI is InChI=1S/C22H31N3O/c1-16-15-26-22(23-16)17-12-13-20(24-18-8-4-2-5-9-18)21(14-17)25-19-10-6-3-7-11-19/h12-15,18-19,24-25H,2-11H2,1H3. The van der Waals surface area contributed by atoms with Gasteiger partial charge in [0.15, 0.2) is 0 Å². The van der Waals surface area contributed by atoms with Crippen LogP contribution in [0.1, 0.15) is 69.9 Å². The van der Waals surface area contributed by atoms with Crippen LogP contribution in [0.5, 0.6) is 0 Å². The first-order valence-electron chi connectivity index (χ1n) is 10.4. The van der Waals surface area contributed by atoms with Crippen molar-refractivity contribution in [2.75, 3.05) is 10.6 Å². The van der Waals surface area contributed by atoms with Gasteiger partial charge in [-0.05, 0) is 50.8 Å². The van der Waals surface area contributed by atoms with Crippen molar-refractivity contribution < 1.29 is 4.42 Å². The molecule has 4 nitrogen and oxygen atoms in total. The van der Waals surface area contributed by atoms with Crippen LogP contribution in [-0.4, -0.2) is 17.1 Å². The number of oxazole rings is 1. The van der Waals surface area contributed by atoms with Crippen LogP contribution in [0.15, 0.2) is 28.9 Å². The van der Waals surface area contributed by atoms with Crippen LogP contribution in [-0.2, 0) is 0 Å². The molecule has 2 aromatic rings. The van der Waals surface area contributed by atoms with Gasteiger partial charge in [0.2, 0.25) is 5.89 Å². The first-order chi connectivity index (χ1) is 12.8. The summed E-state index contributed by atoms with van der Waals surface area (Å²) in [7, 11) is 0. The fourth-order valence-corrected chi connectivity index (χ4v) is 4.34. The Morgan fingerprint density at radius 3 is 2.04 bits per heavy atom. The maximum atomic E-state index is 5.63. The van der Waals surface area contributed by atoms with Gasteiger partial charge >= 0.3 is 0 Å². The van der Waals surface area contributed by atoms with Crippen molar-refractivity contribution in [3.05, 3.63) is 30.2 Å². The number of nitrogens with zero attached hydrogens (tertiary/aromatic N) is 1. The van der Waals surface area contributed by atoms with Crippen molar-refractivity contribution in [1.82, 2.24) is 4.98 Å². The van der Waals surface area contributed by atoms with E-state index in [0.29, 0.717) is 18.0 Å². The van der Waals surface area contributed by atoms with Gasteiger partial charge in [-0.25, -0.2) is 4.98 Å². The first-order valence-corrected chi connectivity index (χ1v) is 10.4. The van der Waals surface area contributed by atoms with Gasteiger partial charge in [-0.2, -0.15) is 0 Å². The normalized spacial score (nSPS) is 19.4. The Morgan fingerprint density at radius 2 is 1.46 bits per heavy atom. The van der Waals surface area contributed by atoms with E-state index in [2.05, 4.69) is 33.8 Å². The molecule has 2 aliphatic rings. The number of rotatable bonds is 5. The average Bonchev–Trinajstić information content (AvgIpc) is 3.11. The number of hydrogen-bond donors (Lipinski definition) is 2. The van der Waals surface area contributed by atoms with Crippen molar-refractivity contribution >= 4 is 11.4 Å². The second-order valence-corrected chi connectivity index (χ2v) is 8.01. The summed E-state index contributed by atoms with van der Waals surface area (Å²) in [5.74, 6) is 0.707. The van der Waals surface area contributed by atoms with Crippen LogP contribution < -0.4 is 10.6 Å². The van der Waals surface area contributed by atoms with E-state index < -0.39 is 0 Å². The van der Waals surface area contributed by atoms with Crippen molar-refractivity contribution in [1.29, 1.82) is 0 Å². The van der Waals surface area contributed by atoms with E-state index in [0.717, 1.165) is 11.3 Å². The number of benzene rings is 1. The molecule has 2 N–H and O–H groups in total. The summed E-state index contributed by atoms with van der Waals surface area (Å²) in [5.41, 5.74) is 4.40. The molecule has 0 unspecified atom stereocenters. The molecule has 0 atom stereocenters. The summed E-state index contributed by atoms with van der Waals surface area (Å²) < 4.78 is 5.63. The van der Waals surface area contributed by atoms with Crippen LogP contribution in [0.4, 0.5) is 11.4 Å². The molecule has 4 heteroatoms. The largest absolute Gasteiger partial charge is 0.444 e. The predicted molar refractivity (Wildman–Crippen MR) is 108 cm³/mol. The molecule has 0 aliphatic heterocycles. The molecule has 26 heavy (non-hydrogen) atoms. The molecule has 0 spiro atoms. The van der Waals surface area contributed by atoms with Gasteiger partial charge in [-0.3, -0.25) is 0 Å². The quantitative estimate of drug-likeness (QED) is 0.678. The van der Waals surface area contributed by atoms with Crippen LogP contribution in [0.3, 0.4) is 0 Å². The van der Waals surface area contributed by atoms with Crippen molar-refractivity contribution in [3.8, 4) is 11.5 Å². The fourth-order valence-electron chi connectivity index (χ4n) is 4.34. The molecular weight excluding hydrogens is 322 g/mol. The minimum atomic E-state index is 0.581. The van der Waals surface area contributed by atoms with Gasteiger partial charge in [0.25, 0.3) is 0 Å². The lowest BCUT2D eigenvalue weighted by Crippen LogP contribution is -2.25. The second-order valence-electron chi connectivity index (χ2n) is 8.01. The summed E-state index contributed by atoms with van der Waals surface area (Å²) in [6, 6.07) is 7.73. The third-order valence-corrected chi connectivity index (χ3v) is 5.82. The molecule has 4 rings (SSSR count). The van der Waals surface area contributed by atoms with Crippen LogP contribution in [0.25, 0.3) is 11.5 Å². The SMILES string of the molecule is Cc1coc(-c2ccc(NC3CCCCC3)c(NC3CCCCC3)c2)n1. The van der Waals surface area contributed by atoms with E-state index in [9.17, 15) is 0 Å². The molecule has 0 saturated heterocycles. The van der Waals surface area contributed by atoms with Crippen molar-refractivity contribution in [2.24, 2.45) is 0 Å². The molecule has 2 saturated carbocycles. The highest BCUT2D eigenvalue weighted by Gasteiger charge is 2.19. The molecular formula is C22H31N3O. The number of aryl methyl sites for hydroxylation is 1. The molecule has 1 heterocycles. The van der Waals surface area contributed by atoms with Gasteiger partial charge in [0.05, 0.1) is 17.1 Å². The summed E-state index contributed by atoms with van der Waals surface area (Å²) in [6.07, 6.45) is 14.9. The fraction of sp³-hybridized carbons (Fsp3) is 0.591. The summed E-state index contributed by atoms with van der Waals surface area (Å²) in [4.78, 5) is 4.50. The predicted octanol–water partition coefficient (Wildman–Crippen LogP) is 6.14. The lowest BCUT2D eigenvalue weighted by Gasteiger charge is -2.28. The molecule has 0 amide bonds. The molecule has 0 bridgehead atoms. The Labute approximate surface area is 156 Å². The van der Waals surface area contributed by atoms with E-state index >= 15 is 0 Å². The van der Waals surface area contributed by atoms with E-state index in [1.807, 2.05) is 6.92 Å². The minimum Gasteiger partial charge on any atom is -0.444 e. The Bertz CT molecular complexity index is 712. The summed E-state index contributed by atoms with van der Waals surface area (Å²) >= 11 is 0. The van der Waals surface area contributed by atoms with Crippen molar-refractivity contribution in [3.63, 3.8) is 0 Å². The summed E-state index contributed by atoms with van der Waals surface area (Å²) in [5, 5.41) is 7.63. The van der Waals surface area contributed by atoms with Crippen LogP contribution >= 0.6 is 0 Å². The zero-order valence-electron chi connectivity index (χ0n) is 15.9. The molecule has 1 aromatic heterocycles. The van der Waals surface area contributed by atoms with Crippen molar-refractivity contribution in [2.45, 2.75) is 83.2 Å². The average molecular weight is 354 g/mol. The third kappa shape index (κ3) is 4.22. The topological polar surface area (TPSA) is 50.1 Å². The zero-order valence-corrected chi connectivity index (χ0v) is 15.9. The van der Waals surface area contributed by atoms with Gasteiger partial charge < -0.3 is 15.1 Å². The maximum Gasteiger partial charge on any atom is 0.226 e. The monoisotopic (exact) mass is 353 g/mol. The highest BCUT2D eigenvalue weighted by Crippen LogP contribution is 2.33. The van der Waals surface area contributed by atoms with Gasteiger partial charge in [0, 0.05) is 17.6 Å². The van der Waals surface area contributed by atoms with E-state index in [4.69, 9.17) is 4.42 Å². The third-order valence-electron chi connectivity index (χ3n) is 5.82. The molecule has 2 fully saturated rings.